The molecule has 2 aromatic heterocycles. The molecule has 0 aliphatic carbocycles. The Morgan fingerprint density at radius 2 is 2.00 bits per heavy atom. The van der Waals surface area contributed by atoms with Gasteiger partial charge >= 0.3 is 0 Å². The van der Waals surface area contributed by atoms with Crippen molar-refractivity contribution in [3.63, 3.8) is 0 Å². The molecular weight excluding hydrogens is 479 g/mol. The Hall–Kier alpha value is -3.53. The van der Waals surface area contributed by atoms with Crippen molar-refractivity contribution >= 4 is 49.5 Å². The van der Waals surface area contributed by atoms with Crippen LogP contribution in [0.15, 0.2) is 42.5 Å². The molecule has 4 aromatic rings. The van der Waals surface area contributed by atoms with Crippen molar-refractivity contribution < 1.29 is 14.0 Å². The van der Waals surface area contributed by atoms with Crippen molar-refractivity contribution in [2.24, 2.45) is 0 Å². The normalized spacial score (nSPS) is 15.5. The van der Waals surface area contributed by atoms with Crippen LogP contribution in [0.1, 0.15) is 51.3 Å². The summed E-state index contributed by atoms with van der Waals surface area (Å²) in [6.07, 6.45) is 4.59. The molecule has 0 saturated carbocycles. The van der Waals surface area contributed by atoms with Crippen molar-refractivity contribution in [1.29, 1.82) is 0 Å². The molecule has 4 N–H and O–H groups in total. The van der Waals surface area contributed by atoms with Gasteiger partial charge in [-0.3, -0.25) is 9.59 Å². The predicted molar refractivity (Wildman–Crippen MR) is 141 cm³/mol. The number of piperidine rings is 1. The van der Waals surface area contributed by atoms with Crippen LogP contribution < -0.4 is 11.1 Å². The van der Waals surface area contributed by atoms with Crippen LogP contribution in [0.5, 0.6) is 0 Å². The standard InChI is InChI=1S/C19H25FN4O2.C7H6N2S/c1-2-13-6-3-4-11-24(13)18(26)10-9-17(25)21-12-16-22-15-8-5-7-14(20)19(15)23-16;8-7-9-5-3-1-2-4-6(5)10-7/h5,7-8,13H,2-4,6,9-12H2,1H3,(H,21,25)(H,22,23);1-4H,(H2,8,9). The monoisotopic (exact) mass is 510 g/mol. The quantitative estimate of drug-likeness (QED) is 0.346. The number of thiazole rings is 1. The molecule has 2 amide bonds. The van der Waals surface area contributed by atoms with E-state index in [4.69, 9.17) is 5.73 Å². The van der Waals surface area contributed by atoms with Gasteiger partial charge in [0.25, 0.3) is 0 Å². The van der Waals surface area contributed by atoms with E-state index >= 15 is 0 Å². The van der Waals surface area contributed by atoms with E-state index in [1.165, 1.54) is 23.8 Å². The number of rotatable bonds is 6. The SMILES string of the molecule is CCC1CCCCN1C(=O)CCC(=O)NCc1nc2c(F)cccc2[nH]1.Nc1nc2ccccc2s1. The zero-order chi connectivity index (χ0) is 25.5. The summed E-state index contributed by atoms with van der Waals surface area (Å²) in [6, 6.07) is 12.9. The number of amides is 2. The lowest BCUT2D eigenvalue weighted by Crippen LogP contribution is -2.43. The molecule has 0 radical (unpaired) electrons. The maximum atomic E-state index is 13.6. The minimum atomic E-state index is -0.395. The number of carbonyl (C=O) groups excluding carboxylic acids is 2. The molecule has 10 heteroatoms. The minimum absolute atomic E-state index is 0.0532. The number of fused-ring (bicyclic) bond motifs is 2. The van der Waals surface area contributed by atoms with Gasteiger partial charge in [-0.25, -0.2) is 14.4 Å². The van der Waals surface area contributed by atoms with Crippen LogP contribution in [0, 0.1) is 5.82 Å². The molecular formula is C26H31FN6O2S. The van der Waals surface area contributed by atoms with Crippen LogP contribution in [0.3, 0.4) is 0 Å². The Kier molecular flexibility index (Phi) is 8.48. The predicted octanol–water partition coefficient (Wildman–Crippen LogP) is 4.77. The number of nitrogens with two attached hydrogens (primary N) is 1. The number of carbonyl (C=O) groups is 2. The van der Waals surface area contributed by atoms with Gasteiger partial charge < -0.3 is 20.9 Å². The number of nitrogens with zero attached hydrogens (tertiary/aromatic N) is 3. The van der Waals surface area contributed by atoms with Crippen molar-refractivity contribution in [3.8, 4) is 0 Å². The Morgan fingerprint density at radius 3 is 2.78 bits per heavy atom. The summed E-state index contributed by atoms with van der Waals surface area (Å²) in [5.41, 5.74) is 7.35. The van der Waals surface area contributed by atoms with E-state index in [-0.39, 0.29) is 36.7 Å². The number of H-pyrrole nitrogens is 1. The molecule has 1 atom stereocenters. The molecule has 1 saturated heterocycles. The minimum Gasteiger partial charge on any atom is -0.375 e. The highest BCUT2D eigenvalue weighted by Gasteiger charge is 2.25. The summed E-state index contributed by atoms with van der Waals surface area (Å²) < 4.78 is 14.8. The molecule has 3 heterocycles. The van der Waals surface area contributed by atoms with Gasteiger partial charge in [-0.1, -0.05) is 36.5 Å². The second kappa shape index (κ2) is 11.9. The number of imidazole rings is 1. The van der Waals surface area contributed by atoms with Gasteiger partial charge in [-0.2, -0.15) is 0 Å². The number of aromatic nitrogens is 3. The van der Waals surface area contributed by atoms with Gasteiger partial charge in [0.15, 0.2) is 10.9 Å². The molecule has 2 aromatic carbocycles. The lowest BCUT2D eigenvalue weighted by Gasteiger charge is -2.35. The fraction of sp³-hybridized carbons (Fsp3) is 0.385. The number of benzene rings is 2. The van der Waals surface area contributed by atoms with E-state index in [0.717, 1.165) is 36.0 Å². The maximum absolute atomic E-state index is 13.6. The number of hydrogen-bond acceptors (Lipinski definition) is 6. The fourth-order valence-electron chi connectivity index (χ4n) is 4.41. The number of nitrogen functional groups attached to an aromatic ring is 1. The Balaban J connectivity index is 0.000000251. The Bertz CT molecular complexity index is 1300. The van der Waals surface area contributed by atoms with Gasteiger partial charge in [0.05, 0.1) is 22.3 Å². The summed E-state index contributed by atoms with van der Waals surface area (Å²) in [4.78, 5) is 37.6. The Labute approximate surface area is 213 Å². The Morgan fingerprint density at radius 1 is 1.17 bits per heavy atom. The molecule has 1 aliphatic rings. The largest absolute Gasteiger partial charge is 0.375 e. The van der Waals surface area contributed by atoms with Crippen molar-refractivity contribution in [1.82, 2.24) is 25.2 Å². The average molecular weight is 511 g/mol. The van der Waals surface area contributed by atoms with Gasteiger partial charge in [-0.15, -0.1) is 0 Å². The first-order valence-corrected chi connectivity index (χ1v) is 13.1. The van der Waals surface area contributed by atoms with Gasteiger partial charge in [-0.05, 0) is 49.9 Å². The number of likely N-dealkylation sites (tertiary alicyclic amines) is 1. The van der Waals surface area contributed by atoms with Crippen molar-refractivity contribution in [2.75, 3.05) is 12.3 Å². The van der Waals surface area contributed by atoms with Crippen molar-refractivity contribution in [3.05, 3.63) is 54.1 Å². The molecule has 0 spiro atoms. The van der Waals surface area contributed by atoms with Crippen LogP contribution in [0.4, 0.5) is 9.52 Å². The first-order chi connectivity index (χ1) is 17.4. The second-order valence-corrected chi connectivity index (χ2v) is 9.82. The van der Waals surface area contributed by atoms with E-state index in [2.05, 4.69) is 27.2 Å². The maximum Gasteiger partial charge on any atom is 0.223 e. The highest BCUT2D eigenvalue weighted by atomic mass is 32.1. The van der Waals surface area contributed by atoms with Gasteiger partial charge in [0.1, 0.15) is 11.3 Å². The molecule has 5 rings (SSSR count). The van der Waals surface area contributed by atoms with Crippen LogP contribution in [0.25, 0.3) is 21.3 Å². The summed E-state index contributed by atoms with van der Waals surface area (Å²) in [7, 11) is 0. The molecule has 190 valence electrons. The number of aromatic amines is 1. The number of hydrogen-bond donors (Lipinski definition) is 3. The molecule has 1 aliphatic heterocycles. The summed E-state index contributed by atoms with van der Waals surface area (Å²) in [5, 5.41) is 3.38. The van der Waals surface area contributed by atoms with Crippen molar-refractivity contribution in [2.45, 2.75) is 58.0 Å². The summed E-state index contributed by atoms with van der Waals surface area (Å²) >= 11 is 1.52. The van der Waals surface area contributed by atoms with Crippen LogP contribution in [-0.2, 0) is 16.1 Å². The number of nitrogens with one attached hydrogen (secondary N) is 2. The fourth-order valence-corrected chi connectivity index (χ4v) is 5.14. The zero-order valence-corrected chi connectivity index (χ0v) is 21.1. The molecule has 0 bridgehead atoms. The van der Waals surface area contributed by atoms with Gasteiger partial charge in [0, 0.05) is 25.4 Å². The topological polar surface area (TPSA) is 117 Å². The smallest absolute Gasteiger partial charge is 0.223 e. The van der Waals surface area contributed by atoms with Gasteiger partial charge in [0.2, 0.25) is 11.8 Å². The zero-order valence-electron chi connectivity index (χ0n) is 20.3. The highest BCUT2D eigenvalue weighted by molar-refractivity contribution is 7.22. The van der Waals surface area contributed by atoms with Crippen LogP contribution in [0.2, 0.25) is 0 Å². The summed E-state index contributed by atoms with van der Waals surface area (Å²) in [5.74, 6) is -0.0531. The first-order valence-electron chi connectivity index (χ1n) is 12.2. The lowest BCUT2D eigenvalue weighted by molar-refractivity contribution is -0.136. The van der Waals surface area contributed by atoms with Crippen LogP contribution >= 0.6 is 11.3 Å². The van der Waals surface area contributed by atoms with Crippen LogP contribution in [-0.4, -0.2) is 44.3 Å². The number of para-hydroxylation sites is 2. The number of halogens is 1. The first kappa shape index (κ1) is 25.6. The van der Waals surface area contributed by atoms with E-state index in [1.807, 2.05) is 29.2 Å². The highest BCUT2D eigenvalue weighted by Crippen LogP contribution is 2.22. The van der Waals surface area contributed by atoms with E-state index in [1.54, 1.807) is 12.1 Å². The molecule has 36 heavy (non-hydrogen) atoms. The third-order valence-electron chi connectivity index (χ3n) is 6.26. The molecule has 8 nitrogen and oxygen atoms in total. The third kappa shape index (κ3) is 6.37. The van der Waals surface area contributed by atoms with E-state index in [0.29, 0.717) is 22.5 Å². The van der Waals surface area contributed by atoms with E-state index < -0.39 is 5.82 Å². The third-order valence-corrected chi connectivity index (χ3v) is 7.13. The van der Waals surface area contributed by atoms with E-state index in [9.17, 15) is 14.0 Å². The average Bonchev–Trinajstić information content (AvgIpc) is 3.49. The second-order valence-electron chi connectivity index (χ2n) is 8.76. The number of anilines is 1. The summed E-state index contributed by atoms with van der Waals surface area (Å²) in [6.45, 7) is 3.07. The lowest BCUT2D eigenvalue weighted by atomic mass is 9.99. The molecule has 1 unspecified atom stereocenters. The molecule has 1 fully saturated rings.